The molecule has 0 aliphatic heterocycles. The fourth-order valence-corrected chi connectivity index (χ4v) is 2.21. The van der Waals surface area contributed by atoms with Gasteiger partial charge in [-0.25, -0.2) is 0 Å². The fraction of sp³-hybridized carbons (Fsp3) is 0.235. The van der Waals surface area contributed by atoms with Crippen LogP contribution in [0.25, 0.3) is 0 Å². The monoisotopic (exact) mass is 329 g/mol. The van der Waals surface area contributed by atoms with Gasteiger partial charge in [0.1, 0.15) is 11.4 Å². The Labute approximate surface area is 140 Å². The van der Waals surface area contributed by atoms with Crippen LogP contribution < -0.4 is 10.2 Å². The van der Waals surface area contributed by atoms with Crippen molar-refractivity contribution in [2.24, 2.45) is 5.10 Å². The topological polar surface area (TPSA) is 86.0 Å². The van der Waals surface area contributed by atoms with Crippen molar-refractivity contribution >= 4 is 17.1 Å². The molecule has 7 heteroatoms. The first-order valence-electron chi connectivity index (χ1n) is 7.26. The average molecular weight is 329 g/mol. The third-order valence-corrected chi connectivity index (χ3v) is 3.44. The number of hydrazone groups is 1. The van der Waals surface area contributed by atoms with E-state index in [-0.39, 0.29) is 5.69 Å². The summed E-state index contributed by atoms with van der Waals surface area (Å²) in [5.74, 6) is 0.736. The zero-order chi connectivity index (χ0) is 17.5. The molecular formula is C17H19N3O4. The molecule has 0 atom stereocenters. The number of para-hydroxylation sites is 2. The number of nitro benzene ring substituents is 1. The number of hydrogen-bond donors (Lipinski definition) is 1. The van der Waals surface area contributed by atoms with Gasteiger partial charge in [-0.3, -0.25) is 15.5 Å². The van der Waals surface area contributed by atoms with Gasteiger partial charge in [-0.2, -0.15) is 5.10 Å². The first kappa shape index (κ1) is 17.4. The normalized spacial score (nSPS) is 11.2. The summed E-state index contributed by atoms with van der Waals surface area (Å²) in [4.78, 5) is 10.6. The molecule has 2 aromatic carbocycles. The molecule has 0 unspecified atom stereocenters. The standard InChI is InChI=1S/C17H19N3O4/c1-12(13-8-9-17(24-3)14(10-13)11-23-2)18-19-15-6-4-5-7-16(15)20(21)22/h4-10,19H,11H2,1-3H3/b18-12-. The first-order chi connectivity index (χ1) is 11.6. The minimum atomic E-state index is -0.447. The number of ether oxygens (including phenoxy) is 2. The summed E-state index contributed by atoms with van der Waals surface area (Å²) in [6.07, 6.45) is 0. The van der Waals surface area contributed by atoms with Crippen LogP contribution in [0.1, 0.15) is 18.1 Å². The molecule has 7 nitrogen and oxygen atoms in total. The number of nitrogens with zero attached hydrogens (tertiary/aromatic N) is 2. The van der Waals surface area contributed by atoms with Crippen LogP contribution in [0.15, 0.2) is 47.6 Å². The molecule has 0 aliphatic rings. The number of methoxy groups -OCH3 is 2. The van der Waals surface area contributed by atoms with Crippen LogP contribution in [0.3, 0.4) is 0 Å². The molecule has 0 fully saturated rings. The summed E-state index contributed by atoms with van der Waals surface area (Å²) in [5, 5.41) is 15.3. The highest BCUT2D eigenvalue weighted by molar-refractivity contribution is 5.99. The van der Waals surface area contributed by atoms with E-state index in [4.69, 9.17) is 9.47 Å². The molecule has 126 valence electrons. The molecule has 0 heterocycles. The summed E-state index contributed by atoms with van der Waals surface area (Å²) < 4.78 is 10.5. The predicted octanol–water partition coefficient (Wildman–Crippen LogP) is 3.59. The van der Waals surface area contributed by atoms with Crippen molar-refractivity contribution in [1.82, 2.24) is 0 Å². The highest BCUT2D eigenvalue weighted by Crippen LogP contribution is 2.24. The molecule has 0 aliphatic carbocycles. The molecule has 0 bridgehead atoms. The van der Waals surface area contributed by atoms with Crippen LogP contribution in [0.2, 0.25) is 0 Å². The van der Waals surface area contributed by atoms with Crippen molar-refractivity contribution in [3.05, 3.63) is 63.7 Å². The highest BCUT2D eigenvalue weighted by Gasteiger charge is 2.12. The molecule has 2 rings (SSSR count). The quantitative estimate of drug-likeness (QED) is 0.476. The number of benzene rings is 2. The van der Waals surface area contributed by atoms with Gasteiger partial charge < -0.3 is 9.47 Å². The van der Waals surface area contributed by atoms with Crippen molar-refractivity contribution in [3.63, 3.8) is 0 Å². The van der Waals surface area contributed by atoms with Crippen molar-refractivity contribution in [2.45, 2.75) is 13.5 Å². The molecule has 0 aromatic heterocycles. The third-order valence-electron chi connectivity index (χ3n) is 3.44. The molecule has 0 saturated carbocycles. The lowest BCUT2D eigenvalue weighted by molar-refractivity contribution is -0.384. The SMILES string of the molecule is COCc1cc(/C(C)=N\Nc2ccccc2[N+](=O)[O-])ccc1OC. The van der Waals surface area contributed by atoms with E-state index >= 15 is 0 Å². The minimum Gasteiger partial charge on any atom is -0.496 e. The van der Waals surface area contributed by atoms with Gasteiger partial charge in [0.25, 0.3) is 5.69 Å². The van der Waals surface area contributed by atoms with Gasteiger partial charge in [0, 0.05) is 18.7 Å². The second kappa shape index (κ2) is 8.07. The Bertz CT molecular complexity index is 759. The lowest BCUT2D eigenvalue weighted by Crippen LogP contribution is -2.03. The number of anilines is 1. The van der Waals surface area contributed by atoms with Crippen LogP contribution >= 0.6 is 0 Å². The van der Waals surface area contributed by atoms with Crippen molar-refractivity contribution in [3.8, 4) is 5.75 Å². The Morgan fingerprint density at radius 1 is 1.25 bits per heavy atom. The van der Waals surface area contributed by atoms with Gasteiger partial charge in [0.05, 0.1) is 24.4 Å². The van der Waals surface area contributed by atoms with Crippen molar-refractivity contribution < 1.29 is 14.4 Å². The van der Waals surface area contributed by atoms with Crippen LogP contribution in [0.4, 0.5) is 11.4 Å². The summed E-state index contributed by atoms with van der Waals surface area (Å²) >= 11 is 0. The van der Waals surface area contributed by atoms with E-state index in [1.54, 1.807) is 32.4 Å². The maximum Gasteiger partial charge on any atom is 0.294 e. The fourth-order valence-electron chi connectivity index (χ4n) is 2.21. The van der Waals surface area contributed by atoms with Gasteiger partial charge in [-0.15, -0.1) is 0 Å². The largest absolute Gasteiger partial charge is 0.496 e. The molecule has 2 aromatic rings. The first-order valence-corrected chi connectivity index (χ1v) is 7.26. The molecule has 0 saturated heterocycles. The van der Waals surface area contributed by atoms with E-state index in [1.165, 1.54) is 6.07 Å². The van der Waals surface area contributed by atoms with Crippen LogP contribution in [0.5, 0.6) is 5.75 Å². The van der Waals surface area contributed by atoms with Crippen molar-refractivity contribution in [2.75, 3.05) is 19.6 Å². The van der Waals surface area contributed by atoms with Crippen LogP contribution in [-0.4, -0.2) is 24.9 Å². The molecule has 0 radical (unpaired) electrons. The zero-order valence-electron chi connectivity index (χ0n) is 13.8. The predicted molar refractivity (Wildman–Crippen MR) is 92.6 cm³/mol. The number of nitro groups is 1. The van der Waals surface area contributed by atoms with Gasteiger partial charge in [-0.1, -0.05) is 12.1 Å². The second-order valence-electron chi connectivity index (χ2n) is 5.04. The number of rotatable bonds is 7. The van der Waals surface area contributed by atoms with Gasteiger partial charge >= 0.3 is 0 Å². The van der Waals surface area contributed by atoms with Crippen LogP contribution in [-0.2, 0) is 11.3 Å². The highest BCUT2D eigenvalue weighted by atomic mass is 16.6. The van der Waals surface area contributed by atoms with E-state index in [9.17, 15) is 10.1 Å². The maximum atomic E-state index is 11.0. The van der Waals surface area contributed by atoms with Gasteiger partial charge in [0.2, 0.25) is 0 Å². The Morgan fingerprint density at radius 3 is 2.67 bits per heavy atom. The molecule has 0 amide bonds. The van der Waals surface area contributed by atoms with E-state index in [0.29, 0.717) is 18.0 Å². The van der Waals surface area contributed by atoms with Crippen LogP contribution in [0, 0.1) is 10.1 Å². The van der Waals surface area contributed by atoms with E-state index in [1.807, 2.05) is 25.1 Å². The Morgan fingerprint density at radius 2 is 2.00 bits per heavy atom. The lowest BCUT2D eigenvalue weighted by Gasteiger charge is -2.10. The average Bonchev–Trinajstić information content (AvgIpc) is 2.60. The maximum absolute atomic E-state index is 11.0. The number of hydrogen-bond acceptors (Lipinski definition) is 6. The van der Waals surface area contributed by atoms with Gasteiger partial charge in [-0.05, 0) is 36.8 Å². The van der Waals surface area contributed by atoms with Gasteiger partial charge in [0.15, 0.2) is 0 Å². The number of nitrogens with one attached hydrogen (secondary N) is 1. The summed E-state index contributed by atoms with van der Waals surface area (Å²) in [7, 11) is 3.22. The Balaban J connectivity index is 2.25. The van der Waals surface area contributed by atoms with E-state index in [2.05, 4.69) is 10.5 Å². The smallest absolute Gasteiger partial charge is 0.294 e. The van der Waals surface area contributed by atoms with E-state index in [0.717, 1.165) is 16.9 Å². The van der Waals surface area contributed by atoms with Crippen molar-refractivity contribution in [1.29, 1.82) is 0 Å². The zero-order valence-corrected chi connectivity index (χ0v) is 13.8. The molecule has 0 spiro atoms. The summed E-state index contributed by atoms with van der Waals surface area (Å²) in [6.45, 7) is 2.24. The molecular weight excluding hydrogens is 310 g/mol. The summed E-state index contributed by atoms with van der Waals surface area (Å²) in [6, 6.07) is 12.0. The Hall–Kier alpha value is -2.93. The summed E-state index contributed by atoms with van der Waals surface area (Å²) in [5.41, 5.74) is 5.53. The second-order valence-corrected chi connectivity index (χ2v) is 5.04. The minimum absolute atomic E-state index is 0.0242. The lowest BCUT2D eigenvalue weighted by atomic mass is 10.1. The van der Waals surface area contributed by atoms with E-state index < -0.39 is 4.92 Å². The molecule has 1 N–H and O–H groups in total. The Kier molecular flexibility index (Phi) is 5.86. The molecule has 24 heavy (non-hydrogen) atoms. The third kappa shape index (κ3) is 4.08.